The SMILES string of the molecule is CCc1ncnc(NCCc2ccc(Oc3ccc(Cl)cc3)nc2)c1Cl. The van der Waals surface area contributed by atoms with Crippen molar-refractivity contribution in [2.45, 2.75) is 19.8 Å². The molecular weight excluding hydrogens is 371 g/mol. The minimum Gasteiger partial charge on any atom is -0.439 e. The van der Waals surface area contributed by atoms with E-state index in [-0.39, 0.29) is 0 Å². The molecule has 1 aromatic carbocycles. The zero-order valence-electron chi connectivity index (χ0n) is 14.2. The Labute approximate surface area is 162 Å². The van der Waals surface area contributed by atoms with Crippen LogP contribution in [0.3, 0.4) is 0 Å². The molecule has 7 heteroatoms. The second-order valence-electron chi connectivity index (χ2n) is 5.57. The molecule has 0 saturated carbocycles. The van der Waals surface area contributed by atoms with Crippen molar-refractivity contribution in [2.24, 2.45) is 0 Å². The number of pyridine rings is 1. The molecule has 1 N–H and O–H groups in total. The number of nitrogens with one attached hydrogen (secondary N) is 1. The summed E-state index contributed by atoms with van der Waals surface area (Å²) in [6.07, 6.45) is 4.88. The number of nitrogens with zero attached hydrogens (tertiary/aromatic N) is 3. The topological polar surface area (TPSA) is 59.9 Å². The fraction of sp³-hybridized carbons (Fsp3) is 0.211. The molecule has 3 aromatic rings. The van der Waals surface area contributed by atoms with Crippen LogP contribution in [0.1, 0.15) is 18.2 Å². The number of hydrogen-bond donors (Lipinski definition) is 1. The molecule has 0 bridgehead atoms. The number of benzene rings is 1. The fourth-order valence-corrected chi connectivity index (χ4v) is 2.77. The first kappa shape index (κ1) is 18.4. The van der Waals surface area contributed by atoms with Crippen molar-refractivity contribution in [1.29, 1.82) is 0 Å². The lowest BCUT2D eigenvalue weighted by Gasteiger charge is -2.09. The number of aryl methyl sites for hydroxylation is 1. The van der Waals surface area contributed by atoms with E-state index < -0.39 is 0 Å². The molecule has 26 heavy (non-hydrogen) atoms. The lowest BCUT2D eigenvalue weighted by Crippen LogP contribution is -2.08. The van der Waals surface area contributed by atoms with E-state index >= 15 is 0 Å². The Kier molecular flexibility index (Phi) is 6.26. The van der Waals surface area contributed by atoms with Gasteiger partial charge in [-0.05, 0) is 42.7 Å². The third kappa shape index (κ3) is 4.84. The normalized spacial score (nSPS) is 10.6. The Morgan fingerprint density at radius 3 is 2.50 bits per heavy atom. The molecule has 0 unspecified atom stereocenters. The number of ether oxygens (including phenoxy) is 1. The van der Waals surface area contributed by atoms with Gasteiger partial charge in [0, 0.05) is 23.8 Å². The molecular formula is C19H18Cl2N4O. The van der Waals surface area contributed by atoms with E-state index in [1.807, 2.05) is 19.1 Å². The Bertz CT molecular complexity index is 854. The molecule has 0 amide bonds. The van der Waals surface area contributed by atoms with Gasteiger partial charge in [-0.2, -0.15) is 0 Å². The fourth-order valence-electron chi connectivity index (χ4n) is 2.34. The van der Waals surface area contributed by atoms with Crippen LogP contribution in [0.15, 0.2) is 48.9 Å². The van der Waals surface area contributed by atoms with Crippen LogP contribution in [0.4, 0.5) is 5.82 Å². The summed E-state index contributed by atoms with van der Waals surface area (Å²) >= 11 is 12.1. The van der Waals surface area contributed by atoms with Gasteiger partial charge in [0.2, 0.25) is 5.88 Å². The average molecular weight is 389 g/mol. The Hall–Kier alpha value is -2.37. The maximum absolute atomic E-state index is 6.27. The summed E-state index contributed by atoms with van der Waals surface area (Å²) in [6.45, 7) is 2.70. The van der Waals surface area contributed by atoms with Crippen molar-refractivity contribution in [3.05, 3.63) is 70.2 Å². The molecule has 2 heterocycles. The lowest BCUT2D eigenvalue weighted by atomic mass is 10.2. The van der Waals surface area contributed by atoms with Crippen LogP contribution in [0.5, 0.6) is 11.6 Å². The molecule has 0 aliphatic heterocycles. The second kappa shape index (κ2) is 8.83. The summed E-state index contributed by atoms with van der Waals surface area (Å²) in [6, 6.07) is 11.0. The number of hydrogen-bond acceptors (Lipinski definition) is 5. The zero-order chi connectivity index (χ0) is 18.4. The quantitative estimate of drug-likeness (QED) is 0.603. The van der Waals surface area contributed by atoms with Gasteiger partial charge >= 0.3 is 0 Å². The molecule has 0 spiro atoms. The number of aromatic nitrogens is 3. The second-order valence-corrected chi connectivity index (χ2v) is 6.39. The van der Waals surface area contributed by atoms with Crippen LogP contribution in [-0.2, 0) is 12.8 Å². The molecule has 0 saturated heterocycles. The van der Waals surface area contributed by atoms with Gasteiger partial charge in [0.15, 0.2) is 0 Å². The summed E-state index contributed by atoms with van der Waals surface area (Å²) in [5.74, 6) is 1.89. The van der Waals surface area contributed by atoms with E-state index in [0.717, 1.165) is 24.1 Å². The Morgan fingerprint density at radius 1 is 1.00 bits per heavy atom. The van der Waals surface area contributed by atoms with E-state index in [0.29, 0.717) is 34.0 Å². The molecule has 134 valence electrons. The molecule has 0 radical (unpaired) electrons. The van der Waals surface area contributed by atoms with Gasteiger partial charge < -0.3 is 10.1 Å². The van der Waals surface area contributed by atoms with Crippen LogP contribution in [0, 0.1) is 0 Å². The molecule has 3 rings (SSSR count). The smallest absolute Gasteiger partial charge is 0.219 e. The van der Waals surface area contributed by atoms with E-state index in [4.69, 9.17) is 27.9 Å². The van der Waals surface area contributed by atoms with E-state index in [1.165, 1.54) is 6.33 Å². The third-order valence-electron chi connectivity index (χ3n) is 3.74. The predicted molar refractivity (Wildman–Crippen MR) is 104 cm³/mol. The first-order chi connectivity index (χ1) is 12.7. The summed E-state index contributed by atoms with van der Waals surface area (Å²) < 4.78 is 5.68. The minimum absolute atomic E-state index is 0.537. The summed E-state index contributed by atoms with van der Waals surface area (Å²) in [7, 11) is 0. The maximum atomic E-state index is 6.27. The monoisotopic (exact) mass is 388 g/mol. The van der Waals surface area contributed by atoms with Crippen molar-refractivity contribution in [1.82, 2.24) is 15.0 Å². The Balaban J connectivity index is 1.54. The van der Waals surface area contributed by atoms with E-state index in [2.05, 4.69) is 20.3 Å². The zero-order valence-corrected chi connectivity index (χ0v) is 15.8. The van der Waals surface area contributed by atoms with Crippen molar-refractivity contribution >= 4 is 29.0 Å². The summed E-state index contributed by atoms with van der Waals surface area (Å²) in [5.41, 5.74) is 1.93. The highest BCUT2D eigenvalue weighted by molar-refractivity contribution is 6.33. The van der Waals surface area contributed by atoms with Crippen LogP contribution >= 0.6 is 23.2 Å². The highest BCUT2D eigenvalue weighted by Crippen LogP contribution is 2.23. The van der Waals surface area contributed by atoms with Crippen molar-refractivity contribution in [3.63, 3.8) is 0 Å². The van der Waals surface area contributed by atoms with Gasteiger partial charge in [-0.3, -0.25) is 0 Å². The molecule has 5 nitrogen and oxygen atoms in total. The standard InChI is InChI=1S/C19H18Cl2N4O/c1-2-16-18(21)19(25-12-24-16)22-10-9-13-3-8-17(23-11-13)26-15-6-4-14(20)5-7-15/h3-8,11-12H,2,9-10H2,1H3,(H,22,24,25). The van der Waals surface area contributed by atoms with E-state index in [9.17, 15) is 0 Å². The van der Waals surface area contributed by atoms with Crippen molar-refractivity contribution in [2.75, 3.05) is 11.9 Å². The highest BCUT2D eigenvalue weighted by Gasteiger charge is 2.07. The van der Waals surface area contributed by atoms with Crippen LogP contribution in [-0.4, -0.2) is 21.5 Å². The van der Waals surface area contributed by atoms with Gasteiger partial charge in [0.1, 0.15) is 22.9 Å². The highest BCUT2D eigenvalue weighted by atomic mass is 35.5. The summed E-state index contributed by atoms with van der Waals surface area (Å²) in [4.78, 5) is 12.7. The number of anilines is 1. The van der Waals surface area contributed by atoms with Gasteiger partial charge in [0.25, 0.3) is 0 Å². The first-order valence-electron chi connectivity index (χ1n) is 8.27. The molecule has 0 aliphatic carbocycles. The van der Waals surface area contributed by atoms with Crippen molar-refractivity contribution in [3.8, 4) is 11.6 Å². The summed E-state index contributed by atoms with van der Waals surface area (Å²) in [5, 5.41) is 4.49. The molecule has 0 aliphatic rings. The Morgan fingerprint density at radius 2 is 1.81 bits per heavy atom. The van der Waals surface area contributed by atoms with Crippen LogP contribution in [0.2, 0.25) is 10.0 Å². The molecule has 0 fully saturated rings. The van der Waals surface area contributed by atoms with Gasteiger partial charge in [-0.1, -0.05) is 36.2 Å². The number of rotatable bonds is 7. The minimum atomic E-state index is 0.537. The van der Waals surface area contributed by atoms with Gasteiger partial charge in [-0.25, -0.2) is 15.0 Å². The predicted octanol–water partition coefficient (Wildman–Crippen LogP) is 5.19. The van der Waals surface area contributed by atoms with E-state index in [1.54, 1.807) is 30.5 Å². The average Bonchev–Trinajstić information content (AvgIpc) is 2.66. The van der Waals surface area contributed by atoms with Crippen LogP contribution in [0.25, 0.3) is 0 Å². The van der Waals surface area contributed by atoms with Crippen LogP contribution < -0.4 is 10.1 Å². The molecule has 2 aromatic heterocycles. The third-order valence-corrected chi connectivity index (χ3v) is 4.39. The van der Waals surface area contributed by atoms with Crippen molar-refractivity contribution < 1.29 is 4.74 Å². The van der Waals surface area contributed by atoms with Gasteiger partial charge in [-0.15, -0.1) is 0 Å². The largest absolute Gasteiger partial charge is 0.439 e. The molecule has 0 atom stereocenters. The van der Waals surface area contributed by atoms with Gasteiger partial charge in [0.05, 0.1) is 5.69 Å². The maximum Gasteiger partial charge on any atom is 0.219 e. The number of halogens is 2. The first-order valence-corrected chi connectivity index (χ1v) is 9.03. The lowest BCUT2D eigenvalue weighted by molar-refractivity contribution is 0.462.